The maximum Gasteiger partial charge on any atom is 0.0206 e. The number of hydrogen-bond donors (Lipinski definition) is 0. The van der Waals surface area contributed by atoms with E-state index >= 15 is 0 Å². The standard InChI is InChI=1S/C9H13N/c1-7-6-10(2)9-5-3-4-8(7)9/h6H,3-5H2,1-2H3. The summed E-state index contributed by atoms with van der Waals surface area (Å²) in [7, 11) is 2.15. The summed E-state index contributed by atoms with van der Waals surface area (Å²) >= 11 is 0. The first-order chi connectivity index (χ1) is 4.79. The third-order valence-electron chi connectivity index (χ3n) is 2.48. The Morgan fingerprint density at radius 2 is 2.20 bits per heavy atom. The van der Waals surface area contributed by atoms with Crippen molar-refractivity contribution in [1.29, 1.82) is 0 Å². The van der Waals surface area contributed by atoms with Crippen molar-refractivity contribution >= 4 is 0 Å². The molecule has 0 radical (unpaired) electrons. The average Bonchev–Trinajstić information content (AvgIpc) is 2.39. The van der Waals surface area contributed by atoms with Gasteiger partial charge in [-0.3, -0.25) is 0 Å². The quantitative estimate of drug-likeness (QED) is 0.511. The van der Waals surface area contributed by atoms with E-state index in [0.29, 0.717) is 0 Å². The van der Waals surface area contributed by atoms with Crippen molar-refractivity contribution in [2.45, 2.75) is 26.2 Å². The molecule has 1 aromatic rings. The molecule has 0 fully saturated rings. The van der Waals surface area contributed by atoms with Crippen LogP contribution < -0.4 is 0 Å². The van der Waals surface area contributed by atoms with Crippen LogP contribution in [0, 0.1) is 6.92 Å². The highest BCUT2D eigenvalue weighted by molar-refractivity contribution is 5.34. The Balaban J connectivity index is 2.61. The molecular weight excluding hydrogens is 122 g/mol. The van der Waals surface area contributed by atoms with Crippen LogP contribution in [0.1, 0.15) is 23.2 Å². The predicted molar refractivity (Wildman–Crippen MR) is 42.2 cm³/mol. The van der Waals surface area contributed by atoms with Gasteiger partial charge in [0.2, 0.25) is 0 Å². The van der Waals surface area contributed by atoms with Gasteiger partial charge in [-0.15, -0.1) is 0 Å². The van der Waals surface area contributed by atoms with Gasteiger partial charge in [0, 0.05) is 18.9 Å². The molecule has 0 amide bonds. The summed E-state index contributed by atoms with van der Waals surface area (Å²) in [5.41, 5.74) is 4.66. The third kappa shape index (κ3) is 0.634. The molecule has 1 aliphatic rings. The molecule has 1 heterocycles. The second kappa shape index (κ2) is 1.88. The lowest BCUT2D eigenvalue weighted by molar-refractivity contribution is 0.807. The Morgan fingerprint density at radius 3 is 2.90 bits per heavy atom. The molecule has 0 bridgehead atoms. The molecule has 1 nitrogen and oxygen atoms in total. The van der Waals surface area contributed by atoms with E-state index in [-0.39, 0.29) is 0 Å². The van der Waals surface area contributed by atoms with Crippen molar-refractivity contribution in [2.24, 2.45) is 7.05 Å². The van der Waals surface area contributed by atoms with Crippen LogP contribution in [-0.4, -0.2) is 4.57 Å². The number of aryl methyl sites for hydroxylation is 2. The van der Waals surface area contributed by atoms with E-state index in [1.165, 1.54) is 24.8 Å². The third-order valence-corrected chi connectivity index (χ3v) is 2.48. The zero-order valence-corrected chi connectivity index (χ0v) is 6.65. The summed E-state index contributed by atoms with van der Waals surface area (Å²) in [5.74, 6) is 0. The molecule has 1 aromatic heterocycles. The largest absolute Gasteiger partial charge is 0.354 e. The molecule has 0 aliphatic heterocycles. The fourth-order valence-corrected chi connectivity index (χ4v) is 1.99. The molecule has 10 heavy (non-hydrogen) atoms. The van der Waals surface area contributed by atoms with Crippen molar-refractivity contribution in [2.75, 3.05) is 0 Å². The first-order valence-electron chi connectivity index (χ1n) is 3.92. The van der Waals surface area contributed by atoms with Crippen molar-refractivity contribution in [3.05, 3.63) is 23.0 Å². The van der Waals surface area contributed by atoms with Crippen LogP contribution in [0.3, 0.4) is 0 Å². The summed E-state index contributed by atoms with van der Waals surface area (Å²) in [6.07, 6.45) is 6.20. The minimum atomic E-state index is 1.29. The van der Waals surface area contributed by atoms with Gasteiger partial charge in [0.1, 0.15) is 0 Å². The number of rotatable bonds is 0. The lowest BCUT2D eigenvalue weighted by atomic mass is 10.2. The lowest BCUT2D eigenvalue weighted by Crippen LogP contribution is -1.90. The van der Waals surface area contributed by atoms with Gasteiger partial charge in [-0.25, -0.2) is 0 Å². The molecule has 1 aliphatic carbocycles. The van der Waals surface area contributed by atoms with E-state index in [4.69, 9.17) is 0 Å². The number of hydrogen-bond acceptors (Lipinski definition) is 0. The monoisotopic (exact) mass is 135 g/mol. The highest BCUT2D eigenvalue weighted by atomic mass is 14.9. The molecule has 1 heteroatoms. The van der Waals surface area contributed by atoms with E-state index in [2.05, 4.69) is 24.7 Å². The Hall–Kier alpha value is -0.720. The normalized spacial score (nSPS) is 15.8. The molecule has 0 saturated heterocycles. The molecular formula is C9H13N. The zero-order chi connectivity index (χ0) is 7.14. The zero-order valence-electron chi connectivity index (χ0n) is 6.65. The van der Waals surface area contributed by atoms with Crippen LogP contribution in [0.5, 0.6) is 0 Å². The summed E-state index contributed by atoms with van der Waals surface area (Å²) in [6, 6.07) is 0. The number of fused-ring (bicyclic) bond motifs is 1. The number of nitrogens with zero attached hydrogens (tertiary/aromatic N) is 1. The van der Waals surface area contributed by atoms with Gasteiger partial charge in [-0.1, -0.05) is 0 Å². The highest BCUT2D eigenvalue weighted by Crippen LogP contribution is 2.25. The average molecular weight is 135 g/mol. The molecule has 2 rings (SSSR count). The molecule has 0 saturated carbocycles. The van der Waals surface area contributed by atoms with Crippen molar-refractivity contribution in [3.8, 4) is 0 Å². The van der Waals surface area contributed by atoms with Gasteiger partial charge in [0.25, 0.3) is 0 Å². The smallest absolute Gasteiger partial charge is 0.0206 e. The fourth-order valence-electron chi connectivity index (χ4n) is 1.99. The Morgan fingerprint density at radius 1 is 1.40 bits per heavy atom. The van der Waals surface area contributed by atoms with Crippen LogP contribution in [0.4, 0.5) is 0 Å². The summed E-state index contributed by atoms with van der Waals surface area (Å²) in [4.78, 5) is 0. The molecule has 0 spiro atoms. The summed E-state index contributed by atoms with van der Waals surface area (Å²) in [5, 5.41) is 0. The second-order valence-corrected chi connectivity index (χ2v) is 3.20. The van der Waals surface area contributed by atoms with E-state index in [0.717, 1.165) is 0 Å². The van der Waals surface area contributed by atoms with Crippen LogP contribution in [0.2, 0.25) is 0 Å². The van der Waals surface area contributed by atoms with Gasteiger partial charge in [0.15, 0.2) is 0 Å². The van der Waals surface area contributed by atoms with Gasteiger partial charge < -0.3 is 4.57 Å². The molecule has 0 aromatic carbocycles. The Bertz CT molecular complexity index is 233. The van der Waals surface area contributed by atoms with Crippen LogP contribution >= 0.6 is 0 Å². The maximum absolute atomic E-state index is 2.28. The summed E-state index contributed by atoms with van der Waals surface area (Å²) in [6.45, 7) is 2.21. The topological polar surface area (TPSA) is 4.93 Å². The molecule has 0 atom stereocenters. The van der Waals surface area contributed by atoms with Crippen molar-refractivity contribution in [1.82, 2.24) is 4.57 Å². The first kappa shape index (κ1) is 6.02. The first-order valence-corrected chi connectivity index (χ1v) is 3.92. The highest BCUT2D eigenvalue weighted by Gasteiger charge is 2.15. The minimum absolute atomic E-state index is 1.29. The Labute approximate surface area is 61.7 Å². The predicted octanol–water partition coefficient (Wildman–Crippen LogP) is 1.82. The van der Waals surface area contributed by atoms with Crippen molar-refractivity contribution < 1.29 is 0 Å². The van der Waals surface area contributed by atoms with Crippen molar-refractivity contribution in [3.63, 3.8) is 0 Å². The van der Waals surface area contributed by atoms with Gasteiger partial charge >= 0.3 is 0 Å². The fraction of sp³-hybridized carbons (Fsp3) is 0.556. The van der Waals surface area contributed by atoms with E-state index in [1.807, 2.05) is 0 Å². The number of aromatic nitrogens is 1. The second-order valence-electron chi connectivity index (χ2n) is 3.20. The molecule has 0 unspecified atom stereocenters. The van der Waals surface area contributed by atoms with Gasteiger partial charge in [-0.2, -0.15) is 0 Å². The van der Waals surface area contributed by atoms with Crippen LogP contribution in [-0.2, 0) is 19.9 Å². The van der Waals surface area contributed by atoms with E-state index in [9.17, 15) is 0 Å². The van der Waals surface area contributed by atoms with Crippen LogP contribution in [0.25, 0.3) is 0 Å². The summed E-state index contributed by atoms with van der Waals surface area (Å²) < 4.78 is 2.28. The van der Waals surface area contributed by atoms with Gasteiger partial charge in [0.05, 0.1) is 0 Å². The Kier molecular flexibility index (Phi) is 1.13. The molecule has 54 valence electrons. The van der Waals surface area contributed by atoms with Gasteiger partial charge in [-0.05, 0) is 37.3 Å². The van der Waals surface area contributed by atoms with Crippen LogP contribution in [0.15, 0.2) is 6.20 Å². The lowest BCUT2D eigenvalue weighted by Gasteiger charge is -1.94. The maximum atomic E-state index is 2.28. The van der Waals surface area contributed by atoms with E-state index in [1.54, 1.807) is 11.3 Å². The SMILES string of the molecule is Cc1cn(C)c2c1CCC2. The minimum Gasteiger partial charge on any atom is -0.354 e. The van der Waals surface area contributed by atoms with E-state index < -0.39 is 0 Å². The molecule has 0 N–H and O–H groups in total.